The van der Waals surface area contributed by atoms with Crippen molar-refractivity contribution in [3.63, 3.8) is 0 Å². The number of rotatable bonds is 5. The van der Waals surface area contributed by atoms with Gasteiger partial charge in [-0.3, -0.25) is 9.69 Å². The SMILES string of the molecule is CN1CCC(CCNC(=O)CN2CCC(N)CC2)CC1. The van der Waals surface area contributed by atoms with E-state index in [0.717, 1.165) is 44.8 Å². The van der Waals surface area contributed by atoms with Crippen molar-refractivity contribution < 1.29 is 4.79 Å². The van der Waals surface area contributed by atoms with Gasteiger partial charge in [-0.1, -0.05) is 0 Å². The van der Waals surface area contributed by atoms with Crippen LogP contribution in [0, 0.1) is 5.92 Å². The molecule has 20 heavy (non-hydrogen) atoms. The lowest BCUT2D eigenvalue weighted by molar-refractivity contribution is -0.122. The van der Waals surface area contributed by atoms with Gasteiger partial charge in [-0.15, -0.1) is 0 Å². The Morgan fingerprint density at radius 2 is 1.80 bits per heavy atom. The number of carbonyl (C=O) groups is 1. The quantitative estimate of drug-likeness (QED) is 0.759. The summed E-state index contributed by atoms with van der Waals surface area (Å²) < 4.78 is 0. The molecule has 3 N–H and O–H groups in total. The van der Waals surface area contributed by atoms with E-state index in [1.807, 2.05) is 0 Å². The maximum absolute atomic E-state index is 11.9. The van der Waals surface area contributed by atoms with Crippen molar-refractivity contribution in [3.8, 4) is 0 Å². The summed E-state index contributed by atoms with van der Waals surface area (Å²) >= 11 is 0. The van der Waals surface area contributed by atoms with Gasteiger partial charge in [0.05, 0.1) is 6.54 Å². The molecule has 5 nitrogen and oxygen atoms in total. The molecule has 0 unspecified atom stereocenters. The lowest BCUT2D eigenvalue weighted by Gasteiger charge is -2.30. The third-order valence-corrected chi connectivity index (χ3v) is 4.71. The third kappa shape index (κ3) is 5.38. The van der Waals surface area contributed by atoms with Gasteiger partial charge in [-0.25, -0.2) is 0 Å². The second kappa shape index (κ2) is 7.96. The lowest BCUT2D eigenvalue weighted by Crippen LogP contribution is -2.44. The summed E-state index contributed by atoms with van der Waals surface area (Å²) in [4.78, 5) is 16.5. The van der Waals surface area contributed by atoms with Crippen LogP contribution in [0.25, 0.3) is 0 Å². The average molecular weight is 282 g/mol. The molecule has 0 saturated carbocycles. The molecule has 0 aromatic carbocycles. The Morgan fingerprint density at radius 1 is 1.15 bits per heavy atom. The van der Waals surface area contributed by atoms with Gasteiger partial charge in [0.1, 0.15) is 0 Å². The lowest BCUT2D eigenvalue weighted by atomic mass is 9.94. The van der Waals surface area contributed by atoms with E-state index in [9.17, 15) is 4.79 Å². The van der Waals surface area contributed by atoms with E-state index in [1.165, 1.54) is 25.9 Å². The maximum atomic E-state index is 11.9. The summed E-state index contributed by atoms with van der Waals surface area (Å²) in [5, 5.41) is 3.07. The molecule has 2 saturated heterocycles. The van der Waals surface area contributed by atoms with E-state index < -0.39 is 0 Å². The Kier molecular flexibility index (Phi) is 6.26. The number of hydrogen-bond acceptors (Lipinski definition) is 4. The van der Waals surface area contributed by atoms with Crippen LogP contribution in [-0.2, 0) is 4.79 Å². The average Bonchev–Trinajstić information content (AvgIpc) is 2.44. The first-order valence-corrected chi connectivity index (χ1v) is 8.06. The number of hydrogen-bond donors (Lipinski definition) is 2. The molecule has 0 radical (unpaired) electrons. The van der Waals surface area contributed by atoms with Crippen LogP contribution in [0.1, 0.15) is 32.1 Å². The zero-order valence-corrected chi connectivity index (χ0v) is 12.8. The predicted octanol–water partition coefficient (Wildman–Crippen LogP) is 0.258. The molecule has 116 valence electrons. The van der Waals surface area contributed by atoms with E-state index in [2.05, 4.69) is 22.2 Å². The molecule has 2 fully saturated rings. The number of likely N-dealkylation sites (tertiary alicyclic amines) is 2. The molecule has 2 heterocycles. The fourth-order valence-corrected chi connectivity index (χ4v) is 3.14. The van der Waals surface area contributed by atoms with Crippen LogP contribution in [0.4, 0.5) is 0 Å². The fraction of sp³-hybridized carbons (Fsp3) is 0.933. The molecule has 0 aliphatic carbocycles. The molecule has 0 aromatic rings. The summed E-state index contributed by atoms with van der Waals surface area (Å²) in [6.07, 6.45) is 5.71. The molecule has 2 aliphatic rings. The van der Waals surface area contributed by atoms with Crippen LogP contribution in [0.15, 0.2) is 0 Å². The molecular formula is C15H30N4O. The number of amides is 1. The smallest absolute Gasteiger partial charge is 0.234 e. The van der Waals surface area contributed by atoms with Crippen molar-refractivity contribution in [1.29, 1.82) is 0 Å². The molecule has 0 bridgehead atoms. The van der Waals surface area contributed by atoms with Crippen molar-refractivity contribution in [1.82, 2.24) is 15.1 Å². The monoisotopic (exact) mass is 282 g/mol. The Hall–Kier alpha value is -0.650. The largest absolute Gasteiger partial charge is 0.355 e. The van der Waals surface area contributed by atoms with Crippen LogP contribution in [-0.4, -0.2) is 68.1 Å². The van der Waals surface area contributed by atoms with Gasteiger partial charge in [0, 0.05) is 25.7 Å². The second-order valence-corrected chi connectivity index (χ2v) is 6.50. The third-order valence-electron chi connectivity index (χ3n) is 4.71. The number of piperidine rings is 2. The standard InChI is InChI=1S/C15H30N4O/c1-18-8-3-13(4-9-18)2-7-17-15(20)12-19-10-5-14(16)6-11-19/h13-14H,2-12,16H2,1H3,(H,17,20). The van der Waals surface area contributed by atoms with Crippen molar-refractivity contribution in [2.45, 2.75) is 38.1 Å². The van der Waals surface area contributed by atoms with E-state index >= 15 is 0 Å². The number of nitrogens with two attached hydrogens (primary N) is 1. The van der Waals surface area contributed by atoms with Crippen molar-refractivity contribution in [2.75, 3.05) is 46.3 Å². The van der Waals surface area contributed by atoms with E-state index in [-0.39, 0.29) is 5.91 Å². The summed E-state index contributed by atoms with van der Waals surface area (Å²) in [6.45, 7) is 5.70. The summed E-state index contributed by atoms with van der Waals surface area (Å²) in [5.74, 6) is 0.966. The van der Waals surface area contributed by atoms with E-state index in [1.54, 1.807) is 0 Å². The number of nitrogens with zero attached hydrogens (tertiary/aromatic N) is 2. The Labute approximate surface area is 122 Å². The highest BCUT2D eigenvalue weighted by atomic mass is 16.2. The minimum atomic E-state index is 0.174. The second-order valence-electron chi connectivity index (χ2n) is 6.50. The Balaban J connectivity index is 1.54. The first kappa shape index (κ1) is 15.7. The molecular weight excluding hydrogens is 252 g/mol. The number of carbonyl (C=O) groups excluding carboxylic acids is 1. The van der Waals surface area contributed by atoms with Crippen LogP contribution >= 0.6 is 0 Å². The molecule has 0 atom stereocenters. The predicted molar refractivity (Wildman–Crippen MR) is 81.5 cm³/mol. The van der Waals surface area contributed by atoms with Crippen LogP contribution in [0.3, 0.4) is 0 Å². The van der Waals surface area contributed by atoms with Gasteiger partial charge in [0.15, 0.2) is 0 Å². The topological polar surface area (TPSA) is 61.6 Å². The van der Waals surface area contributed by atoms with Crippen LogP contribution < -0.4 is 11.1 Å². The maximum Gasteiger partial charge on any atom is 0.234 e. The number of nitrogens with one attached hydrogen (secondary N) is 1. The molecule has 1 amide bonds. The minimum Gasteiger partial charge on any atom is -0.355 e. The van der Waals surface area contributed by atoms with Gasteiger partial charge >= 0.3 is 0 Å². The Morgan fingerprint density at radius 3 is 2.45 bits per heavy atom. The zero-order valence-electron chi connectivity index (χ0n) is 12.8. The van der Waals surface area contributed by atoms with Gasteiger partial charge in [0.2, 0.25) is 5.91 Å². The molecule has 2 rings (SSSR count). The highest BCUT2D eigenvalue weighted by Gasteiger charge is 2.19. The fourth-order valence-electron chi connectivity index (χ4n) is 3.14. The van der Waals surface area contributed by atoms with Gasteiger partial charge in [0.25, 0.3) is 0 Å². The van der Waals surface area contributed by atoms with Crippen molar-refractivity contribution in [3.05, 3.63) is 0 Å². The van der Waals surface area contributed by atoms with E-state index in [0.29, 0.717) is 12.6 Å². The summed E-state index contributed by atoms with van der Waals surface area (Å²) in [7, 11) is 2.18. The van der Waals surface area contributed by atoms with Crippen LogP contribution in [0.2, 0.25) is 0 Å². The highest BCUT2D eigenvalue weighted by Crippen LogP contribution is 2.18. The van der Waals surface area contributed by atoms with Crippen molar-refractivity contribution >= 4 is 5.91 Å². The molecule has 0 spiro atoms. The zero-order chi connectivity index (χ0) is 14.4. The van der Waals surface area contributed by atoms with Gasteiger partial charge in [-0.05, 0) is 58.2 Å². The van der Waals surface area contributed by atoms with Crippen LogP contribution in [0.5, 0.6) is 0 Å². The van der Waals surface area contributed by atoms with E-state index in [4.69, 9.17) is 5.73 Å². The van der Waals surface area contributed by atoms with Gasteiger partial charge in [-0.2, -0.15) is 0 Å². The summed E-state index contributed by atoms with van der Waals surface area (Å²) in [6, 6.07) is 0.332. The van der Waals surface area contributed by atoms with Crippen molar-refractivity contribution in [2.24, 2.45) is 11.7 Å². The normalized spacial score (nSPS) is 23.9. The molecule has 5 heteroatoms. The summed E-state index contributed by atoms with van der Waals surface area (Å²) in [5.41, 5.74) is 5.87. The van der Waals surface area contributed by atoms with Gasteiger partial charge < -0.3 is 16.0 Å². The Bertz CT molecular complexity index is 294. The highest BCUT2D eigenvalue weighted by molar-refractivity contribution is 5.77. The minimum absolute atomic E-state index is 0.174. The first-order valence-electron chi connectivity index (χ1n) is 8.06. The molecule has 2 aliphatic heterocycles. The first-order chi connectivity index (χ1) is 9.63. The molecule has 0 aromatic heterocycles.